The van der Waals surface area contributed by atoms with Crippen molar-refractivity contribution in [1.82, 2.24) is 9.55 Å². The first kappa shape index (κ1) is 12.5. The minimum atomic E-state index is -2.86. The summed E-state index contributed by atoms with van der Waals surface area (Å²) < 4.78 is 30.8. The van der Waals surface area contributed by atoms with Crippen LogP contribution in [0.25, 0.3) is 0 Å². The van der Waals surface area contributed by atoms with Gasteiger partial charge in [-0.15, -0.1) is 0 Å². The number of imidazole rings is 1. The molecule has 1 unspecified atom stereocenters. The lowest BCUT2D eigenvalue weighted by Crippen LogP contribution is -2.18. The van der Waals surface area contributed by atoms with Crippen molar-refractivity contribution in [3.05, 3.63) is 48.5 Å². The first-order valence-corrected chi connectivity index (χ1v) is 5.42. The maximum Gasteiger partial charge on any atom is 0.387 e. The zero-order valence-electron chi connectivity index (χ0n) is 9.54. The van der Waals surface area contributed by atoms with Crippen molar-refractivity contribution in [2.75, 3.05) is 0 Å². The summed E-state index contributed by atoms with van der Waals surface area (Å²) in [5, 5.41) is 0. The second-order valence-corrected chi connectivity index (χ2v) is 3.78. The number of aromatic nitrogens is 2. The molecule has 6 heteroatoms. The molecule has 0 aliphatic heterocycles. The largest absolute Gasteiger partial charge is 0.434 e. The van der Waals surface area contributed by atoms with E-state index in [1.54, 1.807) is 41.5 Å². The summed E-state index contributed by atoms with van der Waals surface area (Å²) in [6.45, 7) is -2.41. The number of nitrogens with two attached hydrogens (primary N) is 1. The molecule has 0 saturated carbocycles. The van der Waals surface area contributed by atoms with E-state index in [0.29, 0.717) is 12.1 Å². The van der Waals surface area contributed by atoms with Crippen LogP contribution in [0.15, 0.2) is 43.0 Å². The third-order valence-corrected chi connectivity index (χ3v) is 2.50. The topological polar surface area (TPSA) is 53.1 Å². The molecule has 1 heterocycles. The molecule has 0 aliphatic carbocycles. The number of rotatable bonds is 5. The summed E-state index contributed by atoms with van der Waals surface area (Å²) in [7, 11) is 0. The van der Waals surface area contributed by atoms with Crippen molar-refractivity contribution >= 4 is 0 Å². The van der Waals surface area contributed by atoms with Crippen LogP contribution in [0.2, 0.25) is 0 Å². The molecule has 0 amide bonds. The highest BCUT2D eigenvalue weighted by atomic mass is 19.3. The van der Waals surface area contributed by atoms with Gasteiger partial charge in [-0.2, -0.15) is 8.78 Å². The molecule has 0 bridgehead atoms. The molecule has 0 radical (unpaired) electrons. The van der Waals surface area contributed by atoms with Crippen molar-refractivity contribution in [1.29, 1.82) is 0 Å². The standard InChI is InChI=1S/C12H13F2N3O/c13-12(14)18-11-4-2-1-3-9(11)10(15)7-17-6-5-16-8-17/h1-6,8,10,12H,7,15H2. The molecular formula is C12H13F2N3O. The Kier molecular flexibility index (Phi) is 3.88. The van der Waals surface area contributed by atoms with E-state index in [0.717, 1.165) is 0 Å². The Morgan fingerprint density at radius 1 is 1.33 bits per heavy atom. The van der Waals surface area contributed by atoms with Crippen LogP contribution in [0.5, 0.6) is 5.75 Å². The monoisotopic (exact) mass is 253 g/mol. The average Bonchev–Trinajstić information content (AvgIpc) is 2.81. The van der Waals surface area contributed by atoms with Crippen LogP contribution in [0, 0.1) is 0 Å². The molecule has 1 aromatic heterocycles. The first-order valence-electron chi connectivity index (χ1n) is 5.42. The zero-order valence-corrected chi connectivity index (χ0v) is 9.54. The SMILES string of the molecule is NC(Cn1ccnc1)c1ccccc1OC(F)F. The maximum absolute atomic E-state index is 12.3. The summed E-state index contributed by atoms with van der Waals surface area (Å²) in [5.74, 6) is 0.111. The number of nitrogens with zero attached hydrogens (tertiary/aromatic N) is 2. The molecule has 18 heavy (non-hydrogen) atoms. The van der Waals surface area contributed by atoms with Crippen molar-refractivity contribution in [3.63, 3.8) is 0 Å². The van der Waals surface area contributed by atoms with E-state index >= 15 is 0 Å². The molecule has 2 rings (SSSR count). The highest BCUT2D eigenvalue weighted by Gasteiger charge is 2.15. The molecule has 0 saturated heterocycles. The van der Waals surface area contributed by atoms with Crippen LogP contribution in [-0.2, 0) is 6.54 Å². The number of halogens is 2. The minimum Gasteiger partial charge on any atom is -0.434 e. The highest BCUT2D eigenvalue weighted by Crippen LogP contribution is 2.26. The van der Waals surface area contributed by atoms with Crippen LogP contribution in [0.3, 0.4) is 0 Å². The van der Waals surface area contributed by atoms with Gasteiger partial charge in [-0.1, -0.05) is 18.2 Å². The lowest BCUT2D eigenvalue weighted by molar-refractivity contribution is -0.0506. The predicted octanol–water partition coefficient (Wildman–Crippen LogP) is 2.18. The lowest BCUT2D eigenvalue weighted by Gasteiger charge is -2.16. The van der Waals surface area contributed by atoms with Gasteiger partial charge in [0.1, 0.15) is 5.75 Å². The quantitative estimate of drug-likeness (QED) is 0.888. The van der Waals surface area contributed by atoms with Gasteiger partial charge in [0.2, 0.25) is 0 Å². The molecule has 4 nitrogen and oxygen atoms in total. The molecular weight excluding hydrogens is 240 g/mol. The summed E-state index contributed by atoms with van der Waals surface area (Å²) in [4.78, 5) is 3.90. The van der Waals surface area contributed by atoms with Gasteiger partial charge in [-0.3, -0.25) is 0 Å². The Hall–Kier alpha value is -1.95. The van der Waals surface area contributed by atoms with Gasteiger partial charge in [-0.25, -0.2) is 4.98 Å². The molecule has 1 atom stereocenters. The maximum atomic E-state index is 12.3. The van der Waals surface area contributed by atoms with Crippen LogP contribution in [0.1, 0.15) is 11.6 Å². The van der Waals surface area contributed by atoms with Crippen molar-refractivity contribution in [2.45, 2.75) is 19.2 Å². The van der Waals surface area contributed by atoms with Crippen LogP contribution < -0.4 is 10.5 Å². The Morgan fingerprint density at radius 3 is 2.78 bits per heavy atom. The van der Waals surface area contributed by atoms with Gasteiger partial charge in [-0.05, 0) is 6.07 Å². The molecule has 2 N–H and O–H groups in total. The first-order chi connectivity index (χ1) is 8.66. The highest BCUT2D eigenvalue weighted by molar-refractivity contribution is 5.35. The van der Waals surface area contributed by atoms with E-state index in [1.807, 2.05) is 0 Å². The fraction of sp³-hybridized carbons (Fsp3) is 0.250. The van der Waals surface area contributed by atoms with Gasteiger partial charge < -0.3 is 15.0 Å². The fourth-order valence-electron chi connectivity index (χ4n) is 1.71. The van der Waals surface area contributed by atoms with E-state index in [4.69, 9.17) is 5.73 Å². The van der Waals surface area contributed by atoms with Crippen LogP contribution in [0.4, 0.5) is 8.78 Å². The smallest absolute Gasteiger partial charge is 0.387 e. The second kappa shape index (κ2) is 5.59. The molecule has 0 fully saturated rings. The Balaban J connectivity index is 2.16. The number of para-hydroxylation sites is 1. The lowest BCUT2D eigenvalue weighted by atomic mass is 10.1. The molecule has 1 aromatic carbocycles. The minimum absolute atomic E-state index is 0.111. The Morgan fingerprint density at radius 2 is 2.11 bits per heavy atom. The normalized spacial score (nSPS) is 12.7. The van der Waals surface area contributed by atoms with Crippen molar-refractivity contribution < 1.29 is 13.5 Å². The van der Waals surface area contributed by atoms with Gasteiger partial charge in [0.25, 0.3) is 0 Å². The number of ether oxygens (including phenoxy) is 1. The summed E-state index contributed by atoms with van der Waals surface area (Å²) in [6, 6.07) is 6.09. The Labute approximate surface area is 103 Å². The van der Waals surface area contributed by atoms with Crippen molar-refractivity contribution in [3.8, 4) is 5.75 Å². The zero-order chi connectivity index (χ0) is 13.0. The van der Waals surface area contributed by atoms with Gasteiger partial charge in [0, 0.05) is 24.5 Å². The average molecular weight is 253 g/mol. The third kappa shape index (κ3) is 3.04. The Bertz CT molecular complexity index is 488. The van der Waals surface area contributed by atoms with Gasteiger partial charge in [0.05, 0.1) is 12.4 Å². The summed E-state index contributed by atoms with van der Waals surface area (Å²) in [6.07, 6.45) is 5.02. The molecule has 2 aromatic rings. The van der Waals surface area contributed by atoms with E-state index in [-0.39, 0.29) is 5.75 Å². The molecule has 0 spiro atoms. The number of hydrogen-bond acceptors (Lipinski definition) is 3. The van der Waals surface area contributed by atoms with E-state index in [2.05, 4.69) is 9.72 Å². The van der Waals surface area contributed by atoms with Crippen LogP contribution >= 0.6 is 0 Å². The molecule has 96 valence electrons. The number of alkyl halides is 2. The summed E-state index contributed by atoms with van der Waals surface area (Å²) >= 11 is 0. The predicted molar refractivity (Wildman–Crippen MR) is 62.2 cm³/mol. The third-order valence-electron chi connectivity index (χ3n) is 2.50. The summed E-state index contributed by atoms with van der Waals surface area (Å²) in [5.41, 5.74) is 6.54. The van der Waals surface area contributed by atoms with Gasteiger partial charge >= 0.3 is 6.61 Å². The number of benzene rings is 1. The number of hydrogen-bond donors (Lipinski definition) is 1. The van der Waals surface area contributed by atoms with E-state index < -0.39 is 12.7 Å². The van der Waals surface area contributed by atoms with Crippen LogP contribution in [-0.4, -0.2) is 16.2 Å². The van der Waals surface area contributed by atoms with Gasteiger partial charge in [0.15, 0.2) is 0 Å². The molecule has 0 aliphatic rings. The fourth-order valence-corrected chi connectivity index (χ4v) is 1.71. The van der Waals surface area contributed by atoms with E-state index in [1.165, 1.54) is 6.07 Å². The van der Waals surface area contributed by atoms with E-state index in [9.17, 15) is 8.78 Å². The second-order valence-electron chi connectivity index (χ2n) is 3.78. The van der Waals surface area contributed by atoms with Crippen molar-refractivity contribution in [2.24, 2.45) is 5.73 Å².